The Morgan fingerprint density at radius 1 is 0.917 bits per heavy atom. The fourth-order valence-electron chi connectivity index (χ4n) is 5.07. The van der Waals surface area contributed by atoms with Crippen molar-refractivity contribution in [1.82, 2.24) is 19.8 Å². The summed E-state index contributed by atoms with van der Waals surface area (Å²) >= 11 is 0. The van der Waals surface area contributed by atoms with Gasteiger partial charge >= 0.3 is 5.69 Å². The number of aromatic amines is 1. The third-order valence-corrected chi connectivity index (χ3v) is 6.93. The Balaban J connectivity index is 1.39. The van der Waals surface area contributed by atoms with Gasteiger partial charge in [0.15, 0.2) is 0 Å². The maximum absolute atomic E-state index is 14.0. The average molecular weight is 489 g/mol. The molecule has 0 aliphatic carbocycles. The molecule has 1 saturated heterocycles. The Morgan fingerprint density at radius 2 is 1.69 bits per heavy atom. The van der Waals surface area contributed by atoms with Gasteiger partial charge in [0, 0.05) is 56.5 Å². The number of nitrogens with zero attached hydrogens (tertiary/aromatic N) is 2. The van der Waals surface area contributed by atoms with Crippen molar-refractivity contribution in [2.75, 3.05) is 32.7 Å². The quantitative estimate of drug-likeness (QED) is 0.456. The summed E-state index contributed by atoms with van der Waals surface area (Å²) in [7, 11) is 0. The number of H-pyrrole nitrogens is 1. The molecule has 0 radical (unpaired) electrons. The summed E-state index contributed by atoms with van der Waals surface area (Å²) in [5, 5.41) is 3.34. The molecular formula is C28H26F2N4O2. The van der Waals surface area contributed by atoms with Crippen molar-refractivity contribution >= 4 is 22.7 Å². The van der Waals surface area contributed by atoms with Gasteiger partial charge in [-0.3, -0.25) is 9.47 Å². The largest absolute Gasteiger partial charge is 0.488 e. The number of benzene rings is 3. The lowest BCUT2D eigenvalue weighted by molar-refractivity contribution is 0.232. The lowest BCUT2D eigenvalue weighted by Gasteiger charge is -2.27. The van der Waals surface area contributed by atoms with Crippen LogP contribution in [0, 0.1) is 11.6 Å². The second-order valence-electron chi connectivity index (χ2n) is 9.24. The number of aromatic nitrogens is 2. The first-order chi connectivity index (χ1) is 17.5. The van der Waals surface area contributed by atoms with Crippen LogP contribution in [0.25, 0.3) is 22.7 Å². The molecule has 2 aliphatic rings. The summed E-state index contributed by atoms with van der Waals surface area (Å²) in [6.45, 7) is 5.48. The first-order valence-corrected chi connectivity index (χ1v) is 12.1. The van der Waals surface area contributed by atoms with Crippen LogP contribution in [0.1, 0.15) is 22.3 Å². The van der Waals surface area contributed by atoms with Crippen LogP contribution >= 0.6 is 0 Å². The topological polar surface area (TPSA) is 62.3 Å². The van der Waals surface area contributed by atoms with Gasteiger partial charge < -0.3 is 15.0 Å². The minimum Gasteiger partial charge on any atom is -0.488 e. The van der Waals surface area contributed by atoms with Gasteiger partial charge in [0.05, 0.1) is 11.0 Å². The van der Waals surface area contributed by atoms with E-state index in [1.807, 2.05) is 24.3 Å². The molecule has 4 aromatic rings. The van der Waals surface area contributed by atoms with E-state index in [1.54, 1.807) is 16.7 Å². The molecule has 0 unspecified atom stereocenters. The third kappa shape index (κ3) is 4.34. The van der Waals surface area contributed by atoms with Gasteiger partial charge in [-0.25, -0.2) is 13.6 Å². The summed E-state index contributed by atoms with van der Waals surface area (Å²) in [5.74, 6) is -0.340. The predicted octanol–water partition coefficient (Wildman–Crippen LogP) is 3.99. The Hall–Kier alpha value is -3.75. The summed E-state index contributed by atoms with van der Waals surface area (Å²) in [5.41, 5.74) is 5.37. The second kappa shape index (κ2) is 9.37. The molecule has 0 atom stereocenters. The number of ether oxygens (including phenoxy) is 1. The lowest BCUT2D eigenvalue weighted by Crippen LogP contribution is -2.44. The van der Waals surface area contributed by atoms with Gasteiger partial charge in [0.25, 0.3) is 0 Å². The molecule has 1 aromatic heterocycles. The van der Waals surface area contributed by atoms with Crippen molar-refractivity contribution < 1.29 is 13.5 Å². The van der Waals surface area contributed by atoms with Crippen LogP contribution < -0.4 is 15.7 Å². The van der Waals surface area contributed by atoms with E-state index in [0.29, 0.717) is 17.9 Å². The van der Waals surface area contributed by atoms with Crippen LogP contribution in [-0.4, -0.2) is 47.2 Å². The van der Waals surface area contributed by atoms with Crippen LogP contribution in [0.4, 0.5) is 8.78 Å². The average Bonchev–Trinajstić information content (AvgIpc) is 3.11. The highest BCUT2D eigenvalue weighted by Gasteiger charge is 2.21. The van der Waals surface area contributed by atoms with E-state index in [-0.39, 0.29) is 18.1 Å². The zero-order chi connectivity index (χ0) is 24.6. The predicted molar refractivity (Wildman–Crippen MR) is 136 cm³/mol. The lowest BCUT2D eigenvalue weighted by atomic mass is 9.92. The van der Waals surface area contributed by atoms with Crippen LogP contribution in [-0.2, 0) is 13.2 Å². The molecule has 0 amide bonds. The standard InChI is InChI=1S/C28H26F2N4O2/c29-20-2-4-22-19(15-20)17-36-27-16-21(30)3-5-23(27)24(22)13-18-1-6-26-25(14-18)32-28(35)34(26)12-11-33-9-7-31-8-10-33/h1-6,13-16,31H,7-12,17H2,(H,32,35). The van der Waals surface area contributed by atoms with E-state index >= 15 is 0 Å². The number of fused-ring (bicyclic) bond motifs is 3. The minimum atomic E-state index is -0.397. The van der Waals surface area contributed by atoms with Crippen LogP contribution in [0.15, 0.2) is 59.4 Å². The molecule has 3 aromatic carbocycles. The minimum absolute atomic E-state index is 0.130. The molecule has 0 bridgehead atoms. The maximum Gasteiger partial charge on any atom is 0.326 e. The zero-order valence-electron chi connectivity index (χ0n) is 19.7. The third-order valence-electron chi connectivity index (χ3n) is 6.93. The maximum atomic E-state index is 14.0. The molecule has 3 heterocycles. The molecule has 8 heteroatoms. The molecule has 2 N–H and O–H groups in total. The first-order valence-electron chi connectivity index (χ1n) is 12.1. The molecule has 0 spiro atoms. The summed E-state index contributed by atoms with van der Waals surface area (Å²) in [6, 6.07) is 14.9. The van der Waals surface area contributed by atoms with Crippen molar-refractivity contribution in [2.24, 2.45) is 0 Å². The number of hydrogen-bond acceptors (Lipinski definition) is 4. The molecule has 1 fully saturated rings. The monoisotopic (exact) mass is 488 g/mol. The van der Waals surface area contributed by atoms with E-state index in [2.05, 4.69) is 15.2 Å². The second-order valence-corrected chi connectivity index (χ2v) is 9.24. The zero-order valence-corrected chi connectivity index (χ0v) is 19.7. The van der Waals surface area contributed by atoms with Gasteiger partial charge in [-0.15, -0.1) is 0 Å². The fraction of sp³-hybridized carbons (Fsp3) is 0.250. The van der Waals surface area contributed by atoms with E-state index in [4.69, 9.17) is 4.74 Å². The Bertz CT molecular complexity index is 1480. The highest BCUT2D eigenvalue weighted by atomic mass is 19.1. The van der Waals surface area contributed by atoms with Gasteiger partial charge in [-0.2, -0.15) is 0 Å². The molecule has 2 aliphatic heterocycles. The Labute approximate surface area is 206 Å². The molecule has 6 rings (SSSR count). The normalized spacial score (nSPS) is 17.0. The van der Waals surface area contributed by atoms with Crippen LogP contribution in [0.5, 0.6) is 5.75 Å². The van der Waals surface area contributed by atoms with Gasteiger partial charge in [-0.05, 0) is 59.2 Å². The Kier molecular flexibility index (Phi) is 5.91. The van der Waals surface area contributed by atoms with E-state index < -0.39 is 5.82 Å². The first kappa shape index (κ1) is 22.7. The highest BCUT2D eigenvalue weighted by Crippen LogP contribution is 2.38. The van der Waals surface area contributed by atoms with Gasteiger partial charge in [-0.1, -0.05) is 12.1 Å². The molecule has 184 valence electrons. The van der Waals surface area contributed by atoms with E-state index in [9.17, 15) is 13.6 Å². The highest BCUT2D eigenvalue weighted by molar-refractivity contribution is 5.95. The van der Waals surface area contributed by atoms with Gasteiger partial charge in [0.1, 0.15) is 24.0 Å². The number of halogens is 2. The van der Waals surface area contributed by atoms with Gasteiger partial charge in [0.2, 0.25) is 0 Å². The Morgan fingerprint density at radius 3 is 2.53 bits per heavy atom. The van der Waals surface area contributed by atoms with Crippen molar-refractivity contribution in [3.05, 3.63) is 99.0 Å². The number of nitrogens with one attached hydrogen (secondary N) is 2. The van der Waals surface area contributed by atoms with Crippen molar-refractivity contribution in [3.8, 4) is 5.75 Å². The summed E-state index contributed by atoms with van der Waals surface area (Å²) in [4.78, 5) is 18.1. The summed E-state index contributed by atoms with van der Waals surface area (Å²) < 4.78 is 35.6. The van der Waals surface area contributed by atoms with Crippen LogP contribution in [0.3, 0.4) is 0 Å². The van der Waals surface area contributed by atoms with E-state index in [1.165, 1.54) is 24.3 Å². The number of rotatable bonds is 4. The summed E-state index contributed by atoms with van der Waals surface area (Å²) in [6.07, 6.45) is 1.97. The number of imidazole rings is 1. The number of piperazine rings is 1. The SMILES string of the molecule is O=c1[nH]c2cc(C=C3c4ccc(F)cc4COc4cc(F)ccc43)ccc2n1CCN1CCNCC1. The van der Waals surface area contributed by atoms with Crippen LogP contribution in [0.2, 0.25) is 0 Å². The molecule has 0 saturated carbocycles. The number of hydrogen-bond donors (Lipinski definition) is 2. The van der Waals surface area contributed by atoms with E-state index in [0.717, 1.165) is 66.0 Å². The van der Waals surface area contributed by atoms with Crippen molar-refractivity contribution in [3.63, 3.8) is 0 Å². The molecule has 36 heavy (non-hydrogen) atoms. The smallest absolute Gasteiger partial charge is 0.326 e. The van der Waals surface area contributed by atoms with Crippen molar-refractivity contribution in [1.29, 1.82) is 0 Å². The molecular weight excluding hydrogens is 462 g/mol. The molecule has 6 nitrogen and oxygen atoms in total. The van der Waals surface area contributed by atoms with Crippen molar-refractivity contribution in [2.45, 2.75) is 13.2 Å². The fourth-order valence-corrected chi connectivity index (χ4v) is 5.07.